The smallest absolute Gasteiger partial charge is 0.317 e. The summed E-state index contributed by atoms with van der Waals surface area (Å²) >= 11 is 3.12. The minimum absolute atomic E-state index is 0.00993. The molecule has 1 rings (SSSR count). The van der Waals surface area contributed by atoms with Crippen molar-refractivity contribution in [2.24, 2.45) is 0 Å². The number of carbonyl (C=O) groups is 1. The van der Waals surface area contributed by atoms with Crippen LogP contribution in [0.4, 0.5) is 5.69 Å². The molecule has 0 spiro atoms. The van der Waals surface area contributed by atoms with Crippen molar-refractivity contribution in [2.75, 3.05) is 13.1 Å². The number of aliphatic carboxylic acids is 1. The topological polar surface area (TPSA) is 83.7 Å². The molecule has 0 unspecified atom stereocenters. The van der Waals surface area contributed by atoms with Crippen molar-refractivity contribution in [3.63, 3.8) is 0 Å². The highest BCUT2D eigenvalue weighted by molar-refractivity contribution is 9.10. The van der Waals surface area contributed by atoms with Gasteiger partial charge in [0.15, 0.2) is 0 Å². The SMILES string of the molecule is CCCN(CC(=O)O)Cc1ccc(Br)c([N+](=O)[O-])c1. The third-order valence-electron chi connectivity index (χ3n) is 2.51. The zero-order chi connectivity index (χ0) is 14.4. The van der Waals surface area contributed by atoms with Crippen molar-refractivity contribution in [3.8, 4) is 0 Å². The fourth-order valence-corrected chi connectivity index (χ4v) is 2.17. The summed E-state index contributed by atoms with van der Waals surface area (Å²) in [5.41, 5.74) is 0.717. The molecule has 0 fully saturated rings. The van der Waals surface area contributed by atoms with Gasteiger partial charge in [-0.15, -0.1) is 0 Å². The molecule has 0 bridgehead atoms. The van der Waals surface area contributed by atoms with Crippen molar-refractivity contribution in [1.29, 1.82) is 0 Å². The summed E-state index contributed by atoms with van der Waals surface area (Å²) in [5.74, 6) is -0.903. The van der Waals surface area contributed by atoms with E-state index in [1.165, 1.54) is 6.07 Å². The van der Waals surface area contributed by atoms with Crippen molar-refractivity contribution in [1.82, 2.24) is 4.90 Å². The third-order valence-corrected chi connectivity index (χ3v) is 3.18. The van der Waals surface area contributed by atoms with Crippen LogP contribution in [0.5, 0.6) is 0 Å². The second-order valence-electron chi connectivity index (χ2n) is 4.15. The Morgan fingerprint density at radius 1 is 1.53 bits per heavy atom. The number of carboxylic acid groups (broad SMARTS) is 1. The number of nitro benzene ring substituents is 1. The van der Waals surface area contributed by atoms with E-state index in [1.54, 1.807) is 17.0 Å². The van der Waals surface area contributed by atoms with Crippen LogP contribution < -0.4 is 0 Å². The standard InChI is InChI=1S/C12H15BrN2O4/c1-2-5-14(8-12(16)17)7-9-3-4-10(13)11(6-9)15(18)19/h3-4,6H,2,5,7-8H2,1H3,(H,16,17). The molecule has 0 aliphatic heterocycles. The van der Waals surface area contributed by atoms with Crippen LogP contribution >= 0.6 is 15.9 Å². The van der Waals surface area contributed by atoms with Crippen LogP contribution in [0.2, 0.25) is 0 Å². The van der Waals surface area contributed by atoms with Gasteiger partial charge in [-0.2, -0.15) is 0 Å². The lowest BCUT2D eigenvalue weighted by Crippen LogP contribution is -2.30. The number of nitro groups is 1. The van der Waals surface area contributed by atoms with Gasteiger partial charge >= 0.3 is 5.97 Å². The first-order chi connectivity index (χ1) is 8.93. The quantitative estimate of drug-likeness (QED) is 0.613. The molecule has 1 aromatic rings. The Morgan fingerprint density at radius 3 is 2.74 bits per heavy atom. The largest absolute Gasteiger partial charge is 0.480 e. The number of hydrogen-bond acceptors (Lipinski definition) is 4. The van der Waals surface area contributed by atoms with Crippen LogP contribution in [-0.4, -0.2) is 34.0 Å². The molecule has 104 valence electrons. The molecule has 1 N–H and O–H groups in total. The molecule has 1 aromatic carbocycles. The zero-order valence-corrected chi connectivity index (χ0v) is 12.1. The van der Waals surface area contributed by atoms with E-state index in [1.807, 2.05) is 6.92 Å². The highest BCUT2D eigenvalue weighted by Gasteiger charge is 2.15. The number of carboxylic acids is 1. The van der Waals surface area contributed by atoms with Gasteiger partial charge < -0.3 is 5.11 Å². The minimum atomic E-state index is -0.903. The maximum absolute atomic E-state index is 10.8. The van der Waals surface area contributed by atoms with Crippen LogP contribution in [-0.2, 0) is 11.3 Å². The molecule has 0 aliphatic rings. The lowest BCUT2D eigenvalue weighted by Gasteiger charge is -2.19. The molecular weight excluding hydrogens is 316 g/mol. The predicted octanol–water partition coefficient (Wildman–Crippen LogP) is 2.65. The van der Waals surface area contributed by atoms with E-state index in [2.05, 4.69) is 15.9 Å². The van der Waals surface area contributed by atoms with Crippen molar-refractivity contribution < 1.29 is 14.8 Å². The van der Waals surface area contributed by atoms with Gasteiger partial charge in [-0.05, 0) is 40.5 Å². The maximum atomic E-state index is 10.8. The molecule has 0 aliphatic carbocycles. The van der Waals surface area contributed by atoms with Gasteiger partial charge in [0, 0.05) is 12.6 Å². The van der Waals surface area contributed by atoms with Crippen LogP contribution in [0.15, 0.2) is 22.7 Å². The third kappa shape index (κ3) is 4.96. The summed E-state index contributed by atoms with van der Waals surface area (Å²) in [4.78, 5) is 22.9. The van der Waals surface area contributed by atoms with Crippen molar-refractivity contribution >= 4 is 27.6 Å². The van der Waals surface area contributed by atoms with Crippen molar-refractivity contribution in [2.45, 2.75) is 19.9 Å². The average Bonchev–Trinajstić information content (AvgIpc) is 2.30. The first-order valence-corrected chi connectivity index (χ1v) is 6.60. The summed E-state index contributed by atoms with van der Waals surface area (Å²) in [6, 6.07) is 4.83. The van der Waals surface area contributed by atoms with Crippen LogP contribution in [0.25, 0.3) is 0 Å². The molecule has 0 atom stereocenters. The summed E-state index contributed by atoms with van der Waals surface area (Å²) in [6.07, 6.45) is 0.825. The molecular formula is C12H15BrN2O4. The Morgan fingerprint density at radius 2 is 2.21 bits per heavy atom. The Balaban J connectivity index is 2.87. The van der Waals surface area contributed by atoms with Gasteiger partial charge in [-0.1, -0.05) is 13.0 Å². The Bertz CT molecular complexity index is 479. The summed E-state index contributed by atoms with van der Waals surface area (Å²) in [5, 5.41) is 19.6. The van der Waals surface area contributed by atoms with Gasteiger partial charge in [0.2, 0.25) is 0 Å². The molecule has 0 saturated heterocycles. The Labute approximate surface area is 119 Å². The van der Waals surface area contributed by atoms with Crippen LogP contribution in [0, 0.1) is 10.1 Å². The summed E-state index contributed by atoms with van der Waals surface area (Å²) in [6.45, 7) is 2.90. The molecule has 0 radical (unpaired) electrons. The lowest BCUT2D eigenvalue weighted by molar-refractivity contribution is -0.385. The Kier molecular flexibility index (Phi) is 5.91. The predicted molar refractivity (Wildman–Crippen MR) is 74.0 cm³/mol. The minimum Gasteiger partial charge on any atom is -0.480 e. The number of rotatable bonds is 7. The number of hydrogen-bond donors (Lipinski definition) is 1. The molecule has 6 nitrogen and oxygen atoms in total. The molecule has 19 heavy (non-hydrogen) atoms. The summed E-state index contributed by atoms with van der Waals surface area (Å²) < 4.78 is 0.418. The maximum Gasteiger partial charge on any atom is 0.317 e. The second kappa shape index (κ2) is 7.20. The molecule has 0 amide bonds. The van der Waals surface area contributed by atoms with E-state index in [-0.39, 0.29) is 12.2 Å². The molecule has 0 aromatic heterocycles. The van der Waals surface area contributed by atoms with E-state index in [0.29, 0.717) is 17.6 Å². The number of benzene rings is 1. The highest BCUT2D eigenvalue weighted by Crippen LogP contribution is 2.26. The first-order valence-electron chi connectivity index (χ1n) is 5.81. The monoisotopic (exact) mass is 330 g/mol. The van der Waals surface area contributed by atoms with E-state index >= 15 is 0 Å². The highest BCUT2D eigenvalue weighted by atomic mass is 79.9. The van der Waals surface area contributed by atoms with E-state index in [4.69, 9.17) is 5.11 Å². The normalized spacial score (nSPS) is 10.7. The van der Waals surface area contributed by atoms with Crippen LogP contribution in [0.1, 0.15) is 18.9 Å². The first kappa shape index (κ1) is 15.6. The van der Waals surface area contributed by atoms with Gasteiger partial charge in [0.25, 0.3) is 5.69 Å². The molecule has 0 heterocycles. The fraction of sp³-hybridized carbons (Fsp3) is 0.417. The second-order valence-corrected chi connectivity index (χ2v) is 5.00. The lowest BCUT2D eigenvalue weighted by atomic mass is 10.2. The van der Waals surface area contributed by atoms with Gasteiger partial charge in [-0.3, -0.25) is 19.8 Å². The van der Waals surface area contributed by atoms with Gasteiger partial charge in [0.1, 0.15) is 0 Å². The van der Waals surface area contributed by atoms with E-state index < -0.39 is 10.9 Å². The molecule has 0 saturated carbocycles. The van der Waals surface area contributed by atoms with Crippen molar-refractivity contribution in [3.05, 3.63) is 38.3 Å². The van der Waals surface area contributed by atoms with E-state index in [9.17, 15) is 14.9 Å². The fourth-order valence-electron chi connectivity index (χ4n) is 1.78. The number of halogens is 1. The van der Waals surface area contributed by atoms with Gasteiger partial charge in [0.05, 0.1) is 15.9 Å². The van der Waals surface area contributed by atoms with Gasteiger partial charge in [-0.25, -0.2) is 0 Å². The Hall–Kier alpha value is -1.47. The number of nitrogens with zero attached hydrogens (tertiary/aromatic N) is 2. The average molecular weight is 331 g/mol. The van der Waals surface area contributed by atoms with Crippen LogP contribution in [0.3, 0.4) is 0 Å². The molecule has 7 heteroatoms. The van der Waals surface area contributed by atoms with E-state index in [0.717, 1.165) is 12.0 Å². The summed E-state index contributed by atoms with van der Waals surface area (Å²) in [7, 11) is 0. The zero-order valence-electron chi connectivity index (χ0n) is 10.5.